The lowest BCUT2D eigenvalue weighted by Crippen LogP contribution is -2.52. The van der Waals surface area contributed by atoms with Crippen LogP contribution < -0.4 is 11.1 Å². The van der Waals surface area contributed by atoms with Gasteiger partial charge in [0.25, 0.3) is 0 Å². The molecule has 0 saturated carbocycles. The Hall–Kier alpha value is -1.01. The number of nitrogens with one attached hydrogen (secondary N) is 1. The van der Waals surface area contributed by atoms with Crippen LogP contribution in [0.15, 0.2) is 18.2 Å². The summed E-state index contributed by atoms with van der Waals surface area (Å²) in [5, 5.41) is 3.76. The van der Waals surface area contributed by atoms with Crippen molar-refractivity contribution in [1.29, 1.82) is 0 Å². The molecule has 0 radical (unpaired) electrons. The van der Waals surface area contributed by atoms with Crippen molar-refractivity contribution in [3.8, 4) is 0 Å². The van der Waals surface area contributed by atoms with Gasteiger partial charge in [0.1, 0.15) is 0 Å². The van der Waals surface area contributed by atoms with Crippen molar-refractivity contribution < 1.29 is 9.53 Å². The minimum absolute atomic E-state index is 0.0401. The highest BCUT2D eigenvalue weighted by Gasteiger charge is 2.31. The summed E-state index contributed by atoms with van der Waals surface area (Å²) in [6.45, 7) is 1.00. The fourth-order valence-corrected chi connectivity index (χ4v) is 2.84. The molecule has 0 aromatic heterocycles. The summed E-state index contributed by atoms with van der Waals surface area (Å²) in [7, 11) is 1.68. The SMILES string of the molecule is COC1CCN(C(=O)Nc2cc(Cl)ccc2Cl)C(CN)C1. The molecule has 2 atom stereocenters. The van der Waals surface area contributed by atoms with E-state index in [1.54, 1.807) is 30.2 Å². The van der Waals surface area contributed by atoms with Gasteiger partial charge < -0.3 is 20.7 Å². The van der Waals surface area contributed by atoms with Crippen LogP contribution in [-0.2, 0) is 4.74 Å². The number of hydrogen-bond acceptors (Lipinski definition) is 3. The zero-order valence-corrected chi connectivity index (χ0v) is 13.3. The monoisotopic (exact) mass is 331 g/mol. The second-order valence-electron chi connectivity index (χ2n) is 5.02. The van der Waals surface area contributed by atoms with E-state index in [1.807, 2.05) is 0 Å². The molecular weight excluding hydrogens is 313 g/mol. The molecule has 21 heavy (non-hydrogen) atoms. The second kappa shape index (κ2) is 7.31. The number of ether oxygens (including phenoxy) is 1. The Kier molecular flexibility index (Phi) is 5.70. The molecule has 5 nitrogen and oxygen atoms in total. The number of hydrogen-bond donors (Lipinski definition) is 2. The predicted octanol–water partition coefficient (Wildman–Crippen LogP) is 2.96. The molecule has 1 aromatic rings. The van der Waals surface area contributed by atoms with Crippen LogP contribution in [0.3, 0.4) is 0 Å². The van der Waals surface area contributed by atoms with Crippen molar-refractivity contribution in [1.82, 2.24) is 4.90 Å². The predicted molar refractivity (Wildman–Crippen MR) is 85.1 cm³/mol. The van der Waals surface area contributed by atoms with Crippen molar-refractivity contribution in [2.45, 2.75) is 25.0 Å². The molecule has 2 unspecified atom stereocenters. The summed E-state index contributed by atoms with van der Waals surface area (Å²) in [6, 6.07) is 4.69. The molecule has 1 aromatic carbocycles. The summed E-state index contributed by atoms with van der Waals surface area (Å²) >= 11 is 12.0. The van der Waals surface area contributed by atoms with E-state index < -0.39 is 0 Å². The van der Waals surface area contributed by atoms with Crippen LogP contribution in [0.1, 0.15) is 12.8 Å². The Balaban J connectivity index is 2.07. The van der Waals surface area contributed by atoms with Crippen LogP contribution in [0.25, 0.3) is 0 Å². The van der Waals surface area contributed by atoms with Gasteiger partial charge in [-0.05, 0) is 31.0 Å². The van der Waals surface area contributed by atoms with Gasteiger partial charge in [-0.3, -0.25) is 0 Å². The third-order valence-corrected chi connectivity index (χ3v) is 4.27. The Morgan fingerprint density at radius 2 is 2.29 bits per heavy atom. The lowest BCUT2D eigenvalue weighted by atomic mass is 10.00. The summed E-state index contributed by atoms with van der Waals surface area (Å²) in [5.41, 5.74) is 6.27. The Bertz CT molecular complexity index is 513. The van der Waals surface area contributed by atoms with Crippen LogP contribution >= 0.6 is 23.2 Å². The molecule has 0 spiro atoms. The lowest BCUT2D eigenvalue weighted by Gasteiger charge is -2.38. The molecule has 3 N–H and O–H groups in total. The highest BCUT2D eigenvalue weighted by Crippen LogP contribution is 2.27. The number of halogens is 2. The van der Waals surface area contributed by atoms with E-state index >= 15 is 0 Å². The molecule has 1 aliphatic rings. The molecule has 1 aliphatic heterocycles. The summed E-state index contributed by atoms with van der Waals surface area (Å²) in [4.78, 5) is 14.1. The van der Waals surface area contributed by atoms with Crippen LogP contribution in [0.5, 0.6) is 0 Å². The third-order valence-electron chi connectivity index (χ3n) is 3.70. The zero-order valence-electron chi connectivity index (χ0n) is 11.8. The van der Waals surface area contributed by atoms with Crippen LogP contribution in [0, 0.1) is 0 Å². The first-order valence-corrected chi connectivity index (χ1v) is 7.56. The van der Waals surface area contributed by atoms with Gasteiger partial charge >= 0.3 is 6.03 Å². The van der Waals surface area contributed by atoms with Crippen molar-refractivity contribution in [2.75, 3.05) is 25.5 Å². The summed E-state index contributed by atoms with van der Waals surface area (Å²) < 4.78 is 5.35. The average Bonchev–Trinajstić information content (AvgIpc) is 2.50. The normalized spacial score (nSPS) is 22.2. The van der Waals surface area contributed by atoms with E-state index in [4.69, 9.17) is 33.7 Å². The molecule has 2 amide bonds. The molecule has 116 valence electrons. The average molecular weight is 332 g/mol. The Labute approximate surface area is 134 Å². The van der Waals surface area contributed by atoms with Crippen LogP contribution in [0.2, 0.25) is 10.0 Å². The van der Waals surface area contributed by atoms with Gasteiger partial charge in [0.2, 0.25) is 0 Å². The maximum absolute atomic E-state index is 12.4. The van der Waals surface area contributed by atoms with E-state index in [2.05, 4.69) is 5.32 Å². The van der Waals surface area contributed by atoms with Gasteiger partial charge in [-0.1, -0.05) is 23.2 Å². The number of benzene rings is 1. The molecule has 0 aliphatic carbocycles. The van der Waals surface area contributed by atoms with E-state index in [-0.39, 0.29) is 18.2 Å². The molecule has 1 fully saturated rings. The highest BCUT2D eigenvalue weighted by atomic mass is 35.5. The minimum Gasteiger partial charge on any atom is -0.381 e. The number of nitrogens with zero attached hydrogens (tertiary/aromatic N) is 1. The highest BCUT2D eigenvalue weighted by molar-refractivity contribution is 6.35. The number of methoxy groups -OCH3 is 1. The number of anilines is 1. The number of amides is 2. The number of carbonyl (C=O) groups excluding carboxylic acids is 1. The van der Waals surface area contributed by atoms with Crippen molar-refractivity contribution in [3.05, 3.63) is 28.2 Å². The standard InChI is InChI=1S/C14H19Cl2N3O2/c1-21-11-4-5-19(10(7-11)8-17)14(20)18-13-6-9(15)2-3-12(13)16/h2-3,6,10-11H,4-5,7-8,17H2,1H3,(H,18,20). The zero-order chi connectivity index (χ0) is 15.4. The van der Waals surface area contributed by atoms with E-state index in [0.29, 0.717) is 28.8 Å². The fraction of sp³-hybridized carbons (Fsp3) is 0.500. The van der Waals surface area contributed by atoms with Gasteiger partial charge in [-0.15, -0.1) is 0 Å². The molecular formula is C14H19Cl2N3O2. The quantitative estimate of drug-likeness (QED) is 0.894. The molecule has 1 saturated heterocycles. The smallest absolute Gasteiger partial charge is 0.322 e. The molecule has 2 rings (SSSR count). The van der Waals surface area contributed by atoms with Crippen LogP contribution in [-0.4, -0.2) is 43.3 Å². The second-order valence-corrected chi connectivity index (χ2v) is 5.86. The first-order valence-electron chi connectivity index (χ1n) is 6.80. The number of rotatable bonds is 3. The molecule has 1 heterocycles. The first kappa shape index (κ1) is 16.4. The van der Waals surface area contributed by atoms with Crippen molar-refractivity contribution in [3.63, 3.8) is 0 Å². The lowest BCUT2D eigenvalue weighted by molar-refractivity contribution is 0.0292. The maximum Gasteiger partial charge on any atom is 0.322 e. The van der Waals surface area contributed by atoms with Gasteiger partial charge in [-0.25, -0.2) is 4.79 Å². The number of nitrogens with two attached hydrogens (primary N) is 1. The number of urea groups is 1. The number of piperidine rings is 1. The first-order chi connectivity index (χ1) is 10.0. The fourth-order valence-electron chi connectivity index (χ4n) is 2.50. The van der Waals surface area contributed by atoms with Gasteiger partial charge in [0.15, 0.2) is 0 Å². The van der Waals surface area contributed by atoms with Gasteiger partial charge in [0.05, 0.1) is 16.8 Å². The van der Waals surface area contributed by atoms with Gasteiger partial charge in [0, 0.05) is 31.3 Å². The topological polar surface area (TPSA) is 67.6 Å². The Morgan fingerprint density at radius 1 is 1.52 bits per heavy atom. The number of likely N-dealkylation sites (tertiary alicyclic amines) is 1. The van der Waals surface area contributed by atoms with E-state index in [9.17, 15) is 4.79 Å². The van der Waals surface area contributed by atoms with Gasteiger partial charge in [-0.2, -0.15) is 0 Å². The Morgan fingerprint density at radius 3 is 2.95 bits per heavy atom. The summed E-state index contributed by atoms with van der Waals surface area (Å²) in [6.07, 6.45) is 1.69. The summed E-state index contributed by atoms with van der Waals surface area (Å²) in [5.74, 6) is 0. The molecule has 0 bridgehead atoms. The maximum atomic E-state index is 12.4. The van der Waals surface area contributed by atoms with Crippen LogP contribution in [0.4, 0.5) is 10.5 Å². The number of carbonyl (C=O) groups is 1. The largest absolute Gasteiger partial charge is 0.381 e. The van der Waals surface area contributed by atoms with E-state index in [1.165, 1.54) is 0 Å². The molecule has 7 heteroatoms. The minimum atomic E-state index is -0.218. The van der Waals surface area contributed by atoms with Crippen molar-refractivity contribution >= 4 is 34.9 Å². The third kappa shape index (κ3) is 4.01. The van der Waals surface area contributed by atoms with E-state index in [0.717, 1.165) is 12.8 Å². The van der Waals surface area contributed by atoms with Crippen molar-refractivity contribution in [2.24, 2.45) is 5.73 Å².